The smallest absolute Gasteiger partial charge is 0.317 e. The van der Waals surface area contributed by atoms with Crippen molar-refractivity contribution in [2.45, 2.75) is 65.1 Å². The van der Waals surface area contributed by atoms with E-state index >= 15 is 0 Å². The second-order valence-electron chi connectivity index (χ2n) is 9.58. The average molecular weight is 551 g/mol. The van der Waals surface area contributed by atoms with Crippen LogP contribution in [0, 0.1) is 11.8 Å². The summed E-state index contributed by atoms with van der Waals surface area (Å²) in [4.78, 5) is 47.0. The number of carbonyl (C=O) groups excluding carboxylic acids is 2. The van der Waals surface area contributed by atoms with Gasteiger partial charge >= 0.3 is 22.1 Å². The number of para-hydroxylation sites is 1. The van der Waals surface area contributed by atoms with Gasteiger partial charge in [0.1, 0.15) is 6.54 Å². The highest BCUT2D eigenvalue weighted by Gasteiger charge is 2.49. The van der Waals surface area contributed by atoms with Gasteiger partial charge in [0.2, 0.25) is 11.8 Å². The molecule has 1 saturated heterocycles. The number of carboxylic acids is 2. The van der Waals surface area contributed by atoms with E-state index in [0.29, 0.717) is 35.6 Å². The first-order valence-electron chi connectivity index (χ1n) is 12.6. The molecule has 1 atom stereocenters. The SMILES string of the molecule is CCCC(CCC)N(Cc1cn(CC(N)=O)c2ccccc12)S(=O)(=O)N1CC(CC(C(=O)O)C(=O)O)C1=O. The summed E-state index contributed by atoms with van der Waals surface area (Å²) >= 11 is 0. The summed E-state index contributed by atoms with van der Waals surface area (Å²) in [6.07, 6.45) is 3.73. The molecule has 3 rings (SSSR count). The lowest BCUT2D eigenvalue weighted by atomic mass is 9.89. The number of primary amides is 1. The van der Waals surface area contributed by atoms with Gasteiger partial charge in [0.25, 0.3) is 0 Å². The van der Waals surface area contributed by atoms with E-state index in [1.807, 2.05) is 19.9 Å². The lowest BCUT2D eigenvalue weighted by Gasteiger charge is -2.42. The Balaban J connectivity index is 1.96. The maximum absolute atomic E-state index is 13.9. The molecule has 0 saturated carbocycles. The summed E-state index contributed by atoms with van der Waals surface area (Å²) in [5.74, 6) is -7.33. The topological polar surface area (TPSA) is 180 Å². The Morgan fingerprint density at radius 1 is 1.11 bits per heavy atom. The predicted molar refractivity (Wildman–Crippen MR) is 138 cm³/mol. The second kappa shape index (κ2) is 11.9. The van der Waals surface area contributed by atoms with Gasteiger partial charge in [-0.05, 0) is 30.9 Å². The number of hydrogen-bond acceptors (Lipinski definition) is 6. The fourth-order valence-corrected chi connectivity index (χ4v) is 6.86. The first kappa shape index (κ1) is 29.1. The summed E-state index contributed by atoms with van der Waals surface area (Å²) in [6.45, 7) is 3.45. The molecule has 2 amide bonds. The molecule has 208 valence electrons. The summed E-state index contributed by atoms with van der Waals surface area (Å²) in [5, 5.41) is 19.0. The number of β-lactam (4-membered cyclic amide) rings is 1. The van der Waals surface area contributed by atoms with Crippen molar-refractivity contribution in [1.29, 1.82) is 0 Å². The van der Waals surface area contributed by atoms with Crippen LogP contribution in [0.25, 0.3) is 10.9 Å². The number of nitrogens with two attached hydrogens (primary N) is 1. The molecule has 0 aliphatic carbocycles. The van der Waals surface area contributed by atoms with E-state index in [-0.39, 0.29) is 19.6 Å². The van der Waals surface area contributed by atoms with Crippen LogP contribution in [0.1, 0.15) is 51.5 Å². The number of hydrogen-bond donors (Lipinski definition) is 3. The second-order valence-corrected chi connectivity index (χ2v) is 11.4. The van der Waals surface area contributed by atoms with Gasteiger partial charge in [-0.2, -0.15) is 12.7 Å². The standard InChI is InChI=1S/C25H34N4O8S/c1-3-7-18(8-4-2)28(14-17-12-27(15-22(26)30)21-10-6-5-9-19(17)21)38(36,37)29-13-16(23(29)31)11-20(24(32)33)25(34)35/h5-6,9-10,12,16,18,20H,3-4,7-8,11,13-15H2,1-2H3,(H2,26,30)(H,32,33)(H,34,35). The molecule has 1 unspecified atom stereocenters. The molecular formula is C25H34N4O8S. The van der Waals surface area contributed by atoms with Crippen molar-refractivity contribution in [3.8, 4) is 0 Å². The highest BCUT2D eigenvalue weighted by Crippen LogP contribution is 2.33. The maximum atomic E-state index is 13.9. The van der Waals surface area contributed by atoms with Crippen LogP contribution < -0.4 is 5.73 Å². The number of benzene rings is 1. The van der Waals surface area contributed by atoms with Gasteiger partial charge in [0.15, 0.2) is 5.92 Å². The Morgan fingerprint density at radius 2 is 1.71 bits per heavy atom. The molecular weight excluding hydrogens is 516 g/mol. The molecule has 0 bridgehead atoms. The van der Waals surface area contributed by atoms with Gasteiger partial charge in [0, 0.05) is 36.2 Å². The molecule has 2 aromatic rings. The van der Waals surface area contributed by atoms with Crippen molar-refractivity contribution < 1.29 is 37.8 Å². The number of aliphatic carboxylic acids is 2. The van der Waals surface area contributed by atoms with E-state index < -0.39 is 58.3 Å². The number of aromatic nitrogens is 1. The summed E-state index contributed by atoms with van der Waals surface area (Å²) in [7, 11) is -4.33. The van der Waals surface area contributed by atoms with Crippen molar-refractivity contribution >= 4 is 44.9 Å². The van der Waals surface area contributed by atoms with Gasteiger partial charge in [-0.3, -0.25) is 19.2 Å². The molecule has 38 heavy (non-hydrogen) atoms. The molecule has 13 heteroatoms. The van der Waals surface area contributed by atoms with Crippen LogP contribution in [0.15, 0.2) is 30.5 Å². The van der Waals surface area contributed by atoms with Gasteiger partial charge < -0.3 is 20.5 Å². The van der Waals surface area contributed by atoms with Crippen LogP contribution in [-0.4, -0.2) is 68.1 Å². The molecule has 0 spiro atoms. The maximum Gasteiger partial charge on any atom is 0.317 e. The fraction of sp³-hybridized carbons (Fsp3) is 0.520. The van der Waals surface area contributed by atoms with E-state index in [9.17, 15) is 27.6 Å². The number of fused-ring (bicyclic) bond motifs is 1. The Hall–Kier alpha value is -3.45. The summed E-state index contributed by atoms with van der Waals surface area (Å²) < 4.78 is 31.4. The Kier molecular flexibility index (Phi) is 9.15. The van der Waals surface area contributed by atoms with Crippen molar-refractivity contribution in [2.75, 3.05) is 6.54 Å². The van der Waals surface area contributed by atoms with Gasteiger partial charge in [-0.25, -0.2) is 4.31 Å². The monoisotopic (exact) mass is 550 g/mol. The van der Waals surface area contributed by atoms with Crippen molar-refractivity contribution in [3.05, 3.63) is 36.0 Å². The number of rotatable bonds is 15. The first-order valence-corrected chi connectivity index (χ1v) is 14.0. The van der Waals surface area contributed by atoms with Crippen molar-refractivity contribution in [3.63, 3.8) is 0 Å². The highest BCUT2D eigenvalue weighted by atomic mass is 32.2. The van der Waals surface area contributed by atoms with E-state index in [1.54, 1.807) is 29.0 Å². The van der Waals surface area contributed by atoms with Crippen LogP contribution in [-0.2, 0) is 42.5 Å². The molecule has 1 aromatic carbocycles. The van der Waals surface area contributed by atoms with E-state index in [0.717, 1.165) is 10.9 Å². The van der Waals surface area contributed by atoms with Crippen LogP contribution in [0.5, 0.6) is 0 Å². The molecule has 1 aliphatic rings. The number of amides is 2. The predicted octanol–water partition coefficient (Wildman–Crippen LogP) is 1.78. The normalized spacial score (nSPS) is 16.0. The quantitative estimate of drug-likeness (QED) is 0.222. The zero-order valence-corrected chi connectivity index (χ0v) is 22.3. The number of carboxylic acid groups (broad SMARTS) is 2. The minimum atomic E-state index is -4.33. The molecule has 2 heterocycles. The van der Waals surface area contributed by atoms with Gasteiger partial charge in [0.05, 0.1) is 5.92 Å². The average Bonchev–Trinajstić information content (AvgIpc) is 3.17. The Morgan fingerprint density at radius 3 is 2.24 bits per heavy atom. The molecule has 1 fully saturated rings. The van der Waals surface area contributed by atoms with Crippen molar-refractivity contribution in [1.82, 2.24) is 13.2 Å². The fourth-order valence-electron chi connectivity index (χ4n) is 4.97. The zero-order valence-electron chi connectivity index (χ0n) is 21.4. The van der Waals surface area contributed by atoms with Crippen LogP contribution in [0.4, 0.5) is 0 Å². The lowest BCUT2D eigenvalue weighted by molar-refractivity contribution is -0.157. The molecule has 4 N–H and O–H groups in total. The van der Waals surface area contributed by atoms with Gasteiger partial charge in [-0.1, -0.05) is 44.9 Å². The Labute approximate surface area is 221 Å². The molecule has 1 aromatic heterocycles. The van der Waals surface area contributed by atoms with E-state index in [1.165, 1.54) is 4.31 Å². The third-order valence-corrected chi connectivity index (χ3v) is 8.75. The van der Waals surface area contributed by atoms with Crippen LogP contribution in [0.2, 0.25) is 0 Å². The molecule has 0 radical (unpaired) electrons. The highest BCUT2D eigenvalue weighted by molar-refractivity contribution is 7.87. The largest absolute Gasteiger partial charge is 0.481 e. The third kappa shape index (κ3) is 5.99. The van der Waals surface area contributed by atoms with Gasteiger partial charge in [-0.15, -0.1) is 0 Å². The van der Waals surface area contributed by atoms with E-state index in [2.05, 4.69) is 0 Å². The van der Waals surface area contributed by atoms with Crippen molar-refractivity contribution in [2.24, 2.45) is 17.6 Å². The minimum Gasteiger partial charge on any atom is -0.481 e. The Bertz CT molecular complexity index is 1300. The third-order valence-electron chi connectivity index (χ3n) is 6.85. The number of nitrogens with zero attached hydrogens (tertiary/aromatic N) is 3. The number of carbonyl (C=O) groups is 4. The molecule has 1 aliphatic heterocycles. The minimum absolute atomic E-state index is 0.0550. The summed E-state index contributed by atoms with van der Waals surface area (Å²) in [6, 6.07) is 6.83. The van der Waals surface area contributed by atoms with Crippen LogP contribution in [0.3, 0.4) is 0 Å². The molecule has 12 nitrogen and oxygen atoms in total. The first-order chi connectivity index (χ1) is 17.9. The lowest BCUT2D eigenvalue weighted by Crippen LogP contribution is -2.61. The zero-order chi connectivity index (χ0) is 28.2. The van der Waals surface area contributed by atoms with E-state index in [4.69, 9.17) is 15.9 Å². The summed E-state index contributed by atoms with van der Waals surface area (Å²) in [5.41, 5.74) is 6.76. The van der Waals surface area contributed by atoms with Crippen LogP contribution >= 0.6 is 0 Å².